The van der Waals surface area contributed by atoms with Crippen molar-refractivity contribution < 1.29 is 104 Å². The van der Waals surface area contributed by atoms with Crippen molar-refractivity contribution in [2.24, 2.45) is 5.73 Å². The molecule has 3 rings (SSSR count). The maximum atomic E-state index is 12.7. The molecule has 3 aliphatic heterocycles. The fourth-order valence-corrected chi connectivity index (χ4v) is 5.80. The van der Waals surface area contributed by atoms with Crippen LogP contribution in [0.3, 0.4) is 0 Å². The molecule has 2 amide bonds. The van der Waals surface area contributed by atoms with E-state index in [1.54, 1.807) is 0 Å². The largest absolute Gasteiger partial charge is 0.480 e. The number of hydrogen-bond acceptors (Lipinski definition) is 20. The molecule has 24 nitrogen and oxygen atoms in total. The molecule has 0 bridgehead atoms. The molecule has 16 atom stereocenters. The van der Waals surface area contributed by atoms with Crippen LogP contribution in [0.2, 0.25) is 0 Å². The standard InChI is InChI=1S/C27H45N3O21/c1-7(33)29-13-10(35)3-27(26(44)45,50-20(13)17(38)23(42)43)51-21-16(37)12(5-32)48-25(18(21)39)49-19-14(30-8(2)34)24(46-6-9(28)22(40)41)47-11(4-31)15(19)36/h9-21,23-25,31-32,35-39,42-43H,3-6,28H2,1-2H3,(H,29,33)(H,30,34)(H,40,41)(H,44,45). The minimum absolute atomic E-state index is 0.705. The van der Waals surface area contributed by atoms with E-state index >= 15 is 0 Å². The van der Waals surface area contributed by atoms with Crippen molar-refractivity contribution in [3.8, 4) is 0 Å². The number of aliphatic hydroxyl groups is 9. The first-order chi connectivity index (χ1) is 23.8. The molecule has 0 aromatic heterocycles. The van der Waals surface area contributed by atoms with Gasteiger partial charge in [-0.1, -0.05) is 0 Å². The number of aliphatic carboxylic acids is 2. The molecule has 15 N–H and O–H groups in total. The molecular formula is C27H45N3O21. The summed E-state index contributed by atoms with van der Waals surface area (Å²) in [5.74, 6) is -8.20. The average molecular weight is 748 g/mol. The van der Waals surface area contributed by atoms with E-state index in [1.807, 2.05) is 0 Å². The van der Waals surface area contributed by atoms with Gasteiger partial charge >= 0.3 is 11.9 Å². The number of carbonyl (C=O) groups is 4. The van der Waals surface area contributed by atoms with Crippen LogP contribution < -0.4 is 16.4 Å². The summed E-state index contributed by atoms with van der Waals surface area (Å²) in [7, 11) is 0. The second-order valence-electron chi connectivity index (χ2n) is 12.2. The lowest BCUT2D eigenvalue weighted by molar-refractivity contribution is -0.382. The highest BCUT2D eigenvalue weighted by Crippen LogP contribution is 2.38. The molecule has 0 aliphatic carbocycles. The molecular weight excluding hydrogens is 702 g/mol. The SMILES string of the molecule is CC(=O)NC1C(O)CC(OC2C(O)C(CO)OC(OC3C(O)C(CO)OC(OCC(N)C(=O)O)C3NC(C)=O)C2O)(C(=O)O)OC1C(O)C(O)O. The summed E-state index contributed by atoms with van der Waals surface area (Å²) in [6.07, 6.45) is -27.3. The van der Waals surface area contributed by atoms with Crippen LogP contribution in [0.15, 0.2) is 0 Å². The van der Waals surface area contributed by atoms with E-state index < -0.39 is 154 Å². The second-order valence-corrected chi connectivity index (χ2v) is 12.2. The third-order valence-electron chi connectivity index (χ3n) is 8.33. The fourth-order valence-electron chi connectivity index (χ4n) is 5.80. The Morgan fingerprint density at radius 1 is 0.843 bits per heavy atom. The third-order valence-corrected chi connectivity index (χ3v) is 8.33. The normalized spacial score (nSPS) is 39.9. The number of nitrogens with two attached hydrogens (primary N) is 1. The first-order valence-electron chi connectivity index (χ1n) is 15.5. The Kier molecular flexibility index (Phi) is 14.9. The Morgan fingerprint density at radius 3 is 1.86 bits per heavy atom. The van der Waals surface area contributed by atoms with E-state index in [0.29, 0.717) is 0 Å². The summed E-state index contributed by atoms with van der Waals surface area (Å²) >= 11 is 0. The number of nitrogens with one attached hydrogen (secondary N) is 2. The van der Waals surface area contributed by atoms with Gasteiger partial charge in [0.1, 0.15) is 67.0 Å². The van der Waals surface area contributed by atoms with Gasteiger partial charge in [0.05, 0.1) is 32.0 Å². The van der Waals surface area contributed by atoms with Gasteiger partial charge < -0.3 is 101 Å². The van der Waals surface area contributed by atoms with Crippen molar-refractivity contribution in [1.82, 2.24) is 10.6 Å². The van der Waals surface area contributed by atoms with Gasteiger partial charge in [0.15, 0.2) is 18.9 Å². The number of carboxylic acid groups (broad SMARTS) is 2. The van der Waals surface area contributed by atoms with Crippen molar-refractivity contribution in [1.29, 1.82) is 0 Å². The van der Waals surface area contributed by atoms with Crippen LogP contribution >= 0.6 is 0 Å². The van der Waals surface area contributed by atoms with Gasteiger partial charge in [0.2, 0.25) is 11.8 Å². The Bertz CT molecular complexity index is 1210. The predicted octanol–water partition coefficient (Wildman–Crippen LogP) is -8.69. The summed E-state index contributed by atoms with van der Waals surface area (Å²) in [5.41, 5.74) is 5.49. The molecule has 51 heavy (non-hydrogen) atoms. The van der Waals surface area contributed by atoms with Gasteiger partial charge in [-0.2, -0.15) is 0 Å². The molecule has 294 valence electrons. The highest BCUT2D eigenvalue weighted by atomic mass is 16.8. The highest BCUT2D eigenvalue weighted by molar-refractivity contribution is 5.77. The molecule has 24 heteroatoms. The molecule has 3 aliphatic rings. The van der Waals surface area contributed by atoms with Crippen LogP contribution in [0.25, 0.3) is 0 Å². The van der Waals surface area contributed by atoms with Gasteiger partial charge in [0, 0.05) is 20.3 Å². The average Bonchev–Trinajstić information content (AvgIpc) is 3.05. The summed E-state index contributed by atoms with van der Waals surface area (Å²) < 4.78 is 33.2. The van der Waals surface area contributed by atoms with Crippen LogP contribution in [-0.2, 0) is 47.6 Å². The number of aliphatic hydroxyl groups excluding tert-OH is 8. The van der Waals surface area contributed by atoms with E-state index in [-0.39, 0.29) is 0 Å². The number of carboxylic acids is 2. The van der Waals surface area contributed by atoms with E-state index in [0.717, 1.165) is 13.8 Å². The van der Waals surface area contributed by atoms with Crippen molar-refractivity contribution in [2.45, 2.75) is 124 Å². The zero-order chi connectivity index (χ0) is 38.5. The second kappa shape index (κ2) is 17.8. The van der Waals surface area contributed by atoms with Crippen LogP contribution in [0, 0.1) is 0 Å². The minimum Gasteiger partial charge on any atom is -0.480 e. The lowest BCUT2D eigenvalue weighted by atomic mass is 9.89. The maximum Gasteiger partial charge on any atom is 0.364 e. The summed E-state index contributed by atoms with van der Waals surface area (Å²) in [6.45, 7) is -0.603. The van der Waals surface area contributed by atoms with Gasteiger partial charge in [-0.3, -0.25) is 14.4 Å². The van der Waals surface area contributed by atoms with Crippen LogP contribution in [0.5, 0.6) is 0 Å². The van der Waals surface area contributed by atoms with E-state index in [2.05, 4.69) is 10.6 Å². The number of amides is 2. The number of carbonyl (C=O) groups excluding carboxylic acids is 2. The molecule has 0 radical (unpaired) electrons. The predicted molar refractivity (Wildman–Crippen MR) is 156 cm³/mol. The fraction of sp³-hybridized carbons (Fsp3) is 0.852. The van der Waals surface area contributed by atoms with Crippen LogP contribution in [0.1, 0.15) is 20.3 Å². The Hall–Kier alpha value is -2.76. The number of ether oxygens (including phenoxy) is 6. The lowest BCUT2D eigenvalue weighted by Crippen LogP contribution is -2.71. The molecule has 0 spiro atoms. The molecule has 0 saturated carbocycles. The molecule has 16 unspecified atom stereocenters. The summed E-state index contributed by atoms with van der Waals surface area (Å²) in [4.78, 5) is 47.8. The Balaban J connectivity index is 1.99. The molecule has 0 aromatic rings. The molecule has 0 aromatic carbocycles. The van der Waals surface area contributed by atoms with Gasteiger partial charge in [0.25, 0.3) is 5.79 Å². The van der Waals surface area contributed by atoms with Crippen LogP contribution in [0.4, 0.5) is 0 Å². The zero-order valence-electron chi connectivity index (χ0n) is 27.1. The summed E-state index contributed by atoms with van der Waals surface area (Å²) in [6, 6.07) is -4.78. The topological polar surface area (TPSA) is 396 Å². The summed E-state index contributed by atoms with van der Waals surface area (Å²) in [5, 5.41) is 118. The van der Waals surface area contributed by atoms with Crippen molar-refractivity contribution in [3.05, 3.63) is 0 Å². The van der Waals surface area contributed by atoms with Crippen molar-refractivity contribution in [3.63, 3.8) is 0 Å². The van der Waals surface area contributed by atoms with Gasteiger partial charge in [-0.25, -0.2) is 4.79 Å². The highest BCUT2D eigenvalue weighted by Gasteiger charge is 2.60. The van der Waals surface area contributed by atoms with Crippen molar-refractivity contribution in [2.75, 3.05) is 19.8 Å². The maximum absolute atomic E-state index is 12.7. The van der Waals surface area contributed by atoms with E-state index in [9.17, 15) is 70.2 Å². The lowest BCUT2D eigenvalue weighted by Gasteiger charge is -2.50. The van der Waals surface area contributed by atoms with Crippen LogP contribution in [-0.4, -0.2) is 204 Å². The van der Waals surface area contributed by atoms with E-state index in [4.69, 9.17) is 39.3 Å². The van der Waals surface area contributed by atoms with Gasteiger partial charge in [-0.15, -0.1) is 0 Å². The quantitative estimate of drug-likeness (QED) is 0.0691. The molecule has 3 saturated heterocycles. The third kappa shape index (κ3) is 9.82. The smallest absolute Gasteiger partial charge is 0.364 e. The zero-order valence-corrected chi connectivity index (χ0v) is 27.1. The monoisotopic (exact) mass is 747 g/mol. The Morgan fingerprint density at radius 2 is 1.37 bits per heavy atom. The number of rotatable bonds is 15. The minimum atomic E-state index is -3.12. The Labute approximate surface area is 288 Å². The van der Waals surface area contributed by atoms with E-state index in [1.165, 1.54) is 0 Å². The molecule has 3 heterocycles. The molecule has 3 fully saturated rings. The van der Waals surface area contributed by atoms with Gasteiger partial charge in [-0.05, 0) is 0 Å². The number of hydrogen-bond donors (Lipinski definition) is 14. The first-order valence-corrected chi connectivity index (χ1v) is 15.5. The van der Waals surface area contributed by atoms with Crippen molar-refractivity contribution >= 4 is 23.8 Å². The first kappa shape index (κ1) is 42.7.